The first-order valence-corrected chi connectivity index (χ1v) is 11.7. The molecule has 1 aliphatic rings. The molecule has 1 N–H and O–H groups in total. The SMILES string of the molecule is CCOc1ccc(C(=O)NCCOc2ccc(S(=O)(=O)N3CCOCC3)cc2)cc1C. The molecule has 168 valence electrons. The van der Waals surface area contributed by atoms with Crippen molar-refractivity contribution in [3.63, 3.8) is 0 Å². The van der Waals surface area contributed by atoms with Crippen molar-refractivity contribution in [2.45, 2.75) is 18.7 Å². The van der Waals surface area contributed by atoms with Gasteiger partial charge in [-0.25, -0.2) is 8.42 Å². The molecule has 1 fully saturated rings. The Morgan fingerprint density at radius 3 is 2.45 bits per heavy atom. The standard InChI is InChI=1S/C22H28N2O6S/c1-3-29-21-9-4-18(16-17(21)2)22(25)23-10-13-30-19-5-7-20(8-6-19)31(26,27)24-11-14-28-15-12-24/h4-9,16H,3,10-15H2,1-2H3,(H,23,25). The second-order valence-corrected chi connectivity index (χ2v) is 8.94. The number of ether oxygens (including phenoxy) is 3. The molecule has 3 rings (SSSR count). The van der Waals surface area contributed by atoms with Crippen LogP contribution in [0.5, 0.6) is 11.5 Å². The maximum Gasteiger partial charge on any atom is 0.251 e. The van der Waals surface area contributed by atoms with E-state index in [1.807, 2.05) is 13.8 Å². The maximum absolute atomic E-state index is 12.6. The van der Waals surface area contributed by atoms with E-state index in [2.05, 4.69) is 5.32 Å². The number of nitrogens with one attached hydrogen (secondary N) is 1. The Morgan fingerprint density at radius 2 is 1.81 bits per heavy atom. The van der Waals surface area contributed by atoms with E-state index in [9.17, 15) is 13.2 Å². The van der Waals surface area contributed by atoms with Crippen LogP contribution in [-0.4, -0.2) is 64.7 Å². The van der Waals surface area contributed by atoms with E-state index in [4.69, 9.17) is 14.2 Å². The molecule has 2 aromatic rings. The van der Waals surface area contributed by atoms with E-state index in [0.717, 1.165) is 11.3 Å². The van der Waals surface area contributed by atoms with Gasteiger partial charge >= 0.3 is 0 Å². The summed E-state index contributed by atoms with van der Waals surface area (Å²) in [6.07, 6.45) is 0. The molecule has 0 spiro atoms. The minimum absolute atomic E-state index is 0.193. The summed E-state index contributed by atoms with van der Waals surface area (Å²) in [5.74, 6) is 1.11. The van der Waals surface area contributed by atoms with E-state index in [0.29, 0.717) is 50.8 Å². The first-order valence-electron chi connectivity index (χ1n) is 10.2. The van der Waals surface area contributed by atoms with Crippen LogP contribution in [0.15, 0.2) is 47.4 Å². The molecule has 8 nitrogen and oxygen atoms in total. The second-order valence-electron chi connectivity index (χ2n) is 7.01. The van der Waals surface area contributed by atoms with Gasteiger partial charge in [-0.05, 0) is 61.9 Å². The lowest BCUT2D eigenvalue weighted by molar-refractivity contribution is 0.0730. The highest BCUT2D eigenvalue weighted by Gasteiger charge is 2.26. The van der Waals surface area contributed by atoms with Crippen molar-refractivity contribution >= 4 is 15.9 Å². The van der Waals surface area contributed by atoms with E-state index in [1.165, 1.54) is 16.4 Å². The molecule has 0 aliphatic carbocycles. The average molecular weight is 449 g/mol. The molecule has 1 saturated heterocycles. The topological polar surface area (TPSA) is 94.2 Å². The van der Waals surface area contributed by atoms with E-state index < -0.39 is 10.0 Å². The Kier molecular flexibility index (Phi) is 7.89. The lowest BCUT2D eigenvalue weighted by atomic mass is 10.1. The molecule has 0 radical (unpaired) electrons. The van der Waals surface area contributed by atoms with Crippen LogP contribution in [0.25, 0.3) is 0 Å². The quantitative estimate of drug-likeness (QED) is 0.591. The minimum atomic E-state index is -3.52. The third-order valence-electron chi connectivity index (χ3n) is 4.82. The Labute approximate surface area is 183 Å². The molecule has 2 aromatic carbocycles. The van der Waals surface area contributed by atoms with Crippen LogP contribution in [0.1, 0.15) is 22.8 Å². The zero-order valence-electron chi connectivity index (χ0n) is 17.8. The molecule has 1 amide bonds. The minimum Gasteiger partial charge on any atom is -0.494 e. The molecule has 9 heteroatoms. The molecule has 1 heterocycles. The van der Waals surface area contributed by atoms with Crippen molar-refractivity contribution in [1.82, 2.24) is 9.62 Å². The highest BCUT2D eigenvalue weighted by Crippen LogP contribution is 2.21. The lowest BCUT2D eigenvalue weighted by Crippen LogP contribution is -2.40. The summed E-state index contributed by atoms with van der Waals surface area (Å²) >= 11 is 0. The number of morpholine rings is 1. The van der Waals surface area contributed by atoms with Crippen molar-refractivity contribution in [2.75, 3.05) is 46.1 Å². The van der Waals surface area contributed by atoms with Crippen LogP contribution in [0.3, 0.4) is 0 Å². The van der Waals surface area contributed by atoms with Crippen molar-refractivity contribution in [1.29, 1.82) is 0 Å². The van der Waals surface area contributed by atoms with Gasteiger partial charge in [-0.15, -0.1) is 0 Å². The summed E-state index contributed by atoms with van der Waals surface area (Å²) in [6, 6.07) is 11.6. The number of hydrogen-bond donors (Lipinski definition) is 1. The third-order valence-corrected chi connectivity index (χ3v) is 6.74. The van der Waals surface area contributed by atoms with Gasteiger partial charge in [0.1, 0.15) is 18.1 Å². The fourth-order valence-electron chi connectivity index (χ4n) is 3.19. The summed E-state index contributed by atoms with van der Waals surface area (Å²) in [7, 11) is -3.52. The Balaban J connectivity index is 1.47. The fraction of sp³-hybridized carbons (Fsp3) is 0.409. The molecule has 0 bridgehead atoms. The molecule has 0 atom stereocenters. The van der Waals surface area contributed by atoms with Gasteiger partial charge in [0.25, 0.3) is 5.91 Å². The van der Waals surface area contributed by atoms with E-state index in [-0.39, 0.29) is 17.4 Å². The van der Waals surface area contributed by atoms with E-state index >= 15 is 0 Å². The van der Waals surface area contributed by atoms with Crippen LogP contribution in [0.4, 0.5) is 0 Å². The largest absolute Gasteiger partial charge is 0.494 e. The van der Waals surface area contributed by atoms with Gasteiger partial charge < -0.3 is 19.5 Å². The number of rotatable bonds is 9. The maximum atomic E-state index is 12.6. The number of nitrogens with zero attached hydrogens (tertiary/aromatic N) is 1. The molecule has 0 unspecified atom stereocenters. The number of benzene rings is 2. The lowest BCUT2D eigenvalue weighted by Gasteiger charge is -2.26. The van der Waals surface area contributed by atoms with Crippen LogP contribution in [-0.2, 0) is 14.8 Å². The number of carbonyl (C=O) groups is 1. The highest BCUT2D eigenvalue weighted by molar-refractivity contribution is 7.89. The predicted molar refractivity (Wildman–Crippen MR) is 116 cm³/mol. The molecular formula is C22H28N2O6S. The van der Waals surface area contributed by atoms with Gasteiger partial charge in [-0.1, -0.05) is 0 Å². The van der Waals surface area contributed by atoms with Crippen LogP contribution in [0.2, 0.25) is 0 Å². The Hall–Kier alpha value is -2.62. The van der Waals surface area contributed by atoms with Crippen molar-refractivity contribution < 1.29 is 27.4 Å². The van der Waals surface area contributed by atoms with Crippen LogP contribution in [0, 0.1) is 6.92 Å². The smallest absolute Gasteiger partial charge is 0.251 e. The van der Waals surface area contributed by atoms with Gasteiger partial charge in [-0.2, -0.15) is 4.31 Å². The zero-order valence-corrected chi connectivity index (χ0v) is 18.6. The fourth-order valence-corrected chi connectivity index (χ4v) is 4.60. The normalized spacial score (nSPS) is 14.8. The molecular weight excluding hydrogens is 420 g/mol. The summed E-state index contributed by atoms with van der Waals surface area (Å²) in [5, 5.41) is 2.81. The summed E-state index contributed by atoms with van der Waals surface area (Å²) in [5.41, 5.74) is 1.46. The monoisotopic (exact) mass is 448 g/mol. The van der Waals surface area contributed by atoms with Crippen molar-refractivity contribution in [3.8, 4) is 11.5 Å². The van der Waals surface area contributed by atoms with Gasteiger partial charge in [-0.3, -0.25) is 4.79 Å². The number of sulfonamides is 1. The number of carbonyl (C=O) groups excluding carboxylic acids is 1. The molecule has 0 aromatic heterocycles. The van der Waals surface area contributed by atoms with Gasteiger partial charge in [0.15, 0.2) is 0 Å². The van der Waals surface area contributed by atoms with E-state index in [1.54, 1.807) is 30.3 Å². The van der Waals surface area contributed by atoms with Crippen LogP contribution >= 0.6 is 0 Å². The van der Waals surface area contributed by atoms with Gasteiger partial charge in [0, 0.05) is 18.7 Å². The van der Waals surface area contributed by atoms with Crippen molar-refractivity contribution in [3.05, 3.63) is 53.6 Å². The summed E-state index contributed by atoms with van der Waals surface area (Å²) < 4.78 is 43.0. The molecule has 31 heavy (non-hydrogen) atoms. The van der Waals surface area contributed by atoms with Gasteiger partial charge in [0.2, 0.25) is 10.0 Å². The number of aryl methyl sites for hydroxylation is 1. The zero-order chi connectivity index (χ0) is 22.3. The van der Waals surface area contributed by atoms with Crippen LogP contribution < -0.4 is 14.8 Å². The molecule has 1 aliphatic heterocycles. The van der Waals surface area contributed by atoms with Crippen molar-refractivity contribution in [2.24, 2.45) is 0 Å². The number of hydrogen-bond acceptors (Lipinski definition) is 6. The summed E-state index contributed by atoms with van der Waals surface area (Å²) in [6.45, 7) is 6.48. The average Bonchev–Trinajstić information content (AvgIpc) is 2.79. The Morgan fingerprint density at radius 1 is 1.10 bits per heavy atom. The Bertz CT molecular complexity index is 986. The predicted octanol–water partition coefficient (Wildman–Crippen LogP) is 2.22. The summed E-state index contributed by atoms with van der Waals surface area (Å²) in [4.78, 5) is 12.5. The van der Waals surface area contributed by atoms with Gasteiger partial charge in [0.05, 0.1) is 31.3 Å². The molecule has 0 saturated carbocycles. The second kappa shape index (κ2) is 10.6. The highest BCUT2D eigenvalue weighted by atomic mass is 32.2. The first kappa shape index (κ1) is 23.1. The first-order chi connectivity index (χ1) is 14.9. The number of amides is 1. The third kappa shape index (κ3) is 5.96.